The Morgan fingerprint density at radius 1 is 1.23 bits per heavy atom. The van der Waals surface area contributed by atoms with Crippen molar-refractivity contribution in [3.05, 3.63) is 0 Å². The largest absolute Gasteiger partial charge is 0.438 e. The maximum atomic E-state index is 12.8. The predicted octanol–water partition coefficient (Wildman–Crippen LogP) is 1.54. The van der Waals surface area contributed by atoms with Gasteiger partial charge in [-0.25, -0.2) is 12.7 Å². The second-order valence-corrected chi connectivity index (χ2v) is 8.60. The lowest BCUT2D eigenvalue weighted by molar-refractivity contribution is -0.185. The lowest BCUT2D eigenvalue weighted by atomic mass is 9.90. The van der Waals surface area contributed by atoms with Gasteiger partial charge in [0, 0.05) is 24.9 Å². The van der Waals surface area contributed by atoms with E-state index in [1.54, 1.807) is 0 Å². The molecule has 4 aliphatic rings. The van der Waals surface area contributed by atoms with Gasteiger partial charge in [-0.05, 0) is 19.3 Å². The molecule has 0 aromatic carbocycles. The van der Waals surface area contributed by atoms with E-state index in [0.717, 1.165) is 23.6 Å². The highest BCUT2D eigenvalue weighted by Gasteiger charge is 2.71. The Balaban J connectivity index is 1.36. The van der Waals surface area contributed by atoms with Crippen molar-refractivity contribution >= 4 is 10.0 Å². The number of alkyl halides is 3. The van der Waals surface area contributed by atoms with E-state index >= 15 is 0 Å². The maximum Gasteiger partial charge on any atom is 0.438 e. The standard InChI is InChI=1S/C12H16F3N3O3S/c13-12(14,15)11(16-17-11)8-4-18(5-8)22(19,20)6-7-3-9-1-2-10(7)21-9/h7-10H,1-6H2. The average Bonchev–Trinajstić information content (AvgIpc) is 2.88. The minimum atomic E-state index is -4.54. The van der Waals surface area contributed by atoms with Crippen LogP contribution >= 0.6 is 0 Å². The van der Waals surface area contributed by atoms with Crippen LogP contribution in [0.5, 0.6) is 0 Å². The van der Waals surface area contributed by atoms with Crippen LogP contribution in [0, 0.1) is 11.8 Å². The van der Waals surface area contributed by atoms with Gasteiger partial charge in [0.15, 0.2) is 0 Å². The third-order valence-electron chi connectivity index (χ3n) is 5.20. The van der Waals surface area contributed by atoms with Gasteiger partial charge in [0.2, 0.25) is 10.0 Å². The highest BCUT2D eigenvalue weighted by atomic mass is 32.2. The SMILES string of the molecule is O=S(=O)(CC1CC2CCC1O2)N1CC(C2(C(F)(F)F)N=N2)C1. The number of hydrogen-bond donors (Lipinski definition) is 0. The summed E-state index contributed by atoms with van der Waals surface area (Å²) >= 11 is 0. The third-order valence-corrected chi connectivity index (χ3v) is 7.13. The van der Waals surface area contributed by atoms with Gasteiger partial charge in [-0.3, -0.25) is 0 Å². The van der Waals surface area contributed by atoms with Gasteiger partial charge in [-0.1, -0.05) is 0 Å². The number of nitrogens with zero attached hydrogens (tertiary/aromatic N) is 3. The molecule has 0 spiro atoms. The number of ether oxygens (including phenoxy) is 1. The zero-order valence-corrected chi connectivity index (χ0v) is 12.5. The molecule has 0 aliphatic carbocycles. The fourth-order valence-corrected chi connectivity index (χ4v) is 5.69. The minimum Gasteiger partial charge on any atom is -0.375 e. The Kier molecular flexibility index (Phi) is 2.98. The van der Waals surface area contributed by atoms with Crippen LogP contribution in [0.1, 0.15) is 19.3 Å². The van der Waals surface area contributed by atoms with Crippen LogP contribution in [-0.4, -0.2) is 55.6 Å². The lowest BCUT2D eigenvalue weighted by Crippen LogP contribution is -2.60. The van der Waals surface area contributed by atoms with Gasteiger partial charge in [0.1, 0.15) is 0 Å². The van der Waals surface area contributed by atoms with Crippen molar-refractivity contribution < 1.29 is 26.3 Å². The molecule has 0 amide bonds. The molecule has 4 aliphatic heterocycles. The number of rotatable bonds is 4. The van der Waals surface area contributed by atoms with Gasteiger partial charge in [0.25, 0.3) is 5.66 Å². The second kappa shape index (κ2) is 4.41. The molecular formula is C12H16F3N3O3S. The van der Waals surface area contributed by atoms with E-state index in [4.69, 9.17) is 4.74 Å². The summed E-state index contributed by atoms with van der Waals surface area (Å²) in [6, 6.07) is 0. The van der Waals surface area contributed by atoms with Crippen molar-refractivity contribution in [1.29, 1.82) is 0 Å². The molecule has 3 unspecified atom stereocenters. The summed E-state index contributed by atoms with van der Waals surface area (Å²) in [4.78, 5) is 0. The summed E-state index contributed by atoms with van der Waals surface area (Å²) < 4.78 is 69.9. The fraction of sp³-hybridized carbons (Fsp3) is 1.00. The zero-order chi connectivity index (χ0) is 15.8. The van der Waals surface area contributed by atoms with Crippen molar-refractivity contribution in [2.75, 3.05) is 18.8 Å². The first kappa shape index (κ1) is 14.8. The average molecular weight is 339 g/mol. The lowest BCUT2D eigenvalue weighted by Gasteiger charge is -2.41. The minimum absolute atomic E-state index is 0.00759. The summed E-state index contributed by atoms with van der Waals surface area (Å²) in [6.45, 7) is -0.312. The van der Waals surface area contributed by atoms with Crippen LogP contribution in [-0.2, 0) is 14.8 Å². The first-order chi connectivity index (χ1) is 10.2. The first-order valence-corrected chi connectivity index (χ1v) is 8.96. The smallest absolute Gasteiger partial charge is 0.375 e. The van der Waals surface area contributed by atoms with Crippen LogP contribution in [0.15, 0.2) is 10.2 Å². The van der Waals surface area contributed by atoms with E-state index < -0.39 is 27.8 Å². The number of fused-ring (bicyclic) bond motifs is 2. The van der Waals surface area contributed by atoms with Crippen molar-refractivity contribution in [1.82, 2.24) is 4.31 Å². The summed E-state index contributed by atoms with van der Waals surface area (Å²) in [5.74, 6) is -0.956. The molecule has 4 rings (SSSR count). The molecule has 0 aromatic heterocycles. The van der Waals surface area contributed by atoms with Crippen LogP contribution in [0.2, 0.25) is 0 Å². The number of hydrogen-bond acceptors (Lipinski definition) is 5. The van der Waals surface area contributed by atoms with Crippen molar-refractivity contribution in [3.8, 4) is 0 Å². The van der Waals surface area contributed by atoms with E-state index in [0.29, 0.717) is 0 Å². The van der Waals surface area contributed by atoms with Gasteiger partial charge >= 0.3 is 6.18 Å². The molecule has 0 radical (unpaired) electrons. The Labute approximate surface area is 125 Å². The molecule has 22 heavy (non-hydrogen) atoms. The molecule has 4 heterocycles. The highest BCUT2D eigenvalue weighted by molar-refractivity contribution is 7.89. The van der Waals surface area contributed by atoms with Crippen LogP contribution in [0.25, 0.3) is 0 Å². The Bertz CT molecular complexity index is 609. The Hall–Kier alpha value is -0.740. The van der Waals surface area contributed by atoms with E-state index in [2.05, 4.69) is 10.2 Å². The molecule has 3 atom stereocenters. The molecule has 10 heteroatoms. The van der Waals surface area contributed by atoms with Gasteiger partial charge in [0.05, 0.1) is 18.0 Å². The molecule has 0 N–H and O–H groups in total. The van der Waals surface area contributed by atoms with E-state index in [1.165, 1.54) is 0 Å². The Morgan fingerprint density at radius 3 is 2.36 bits per heavy atom. The van der Waals surface area contributed by atoms with Crippen LogP contribution in [0.4, 0.5) is 13.2 Å². The summed E-state index contributed by atoms with van der Waals surface area (Å²) in [5.41, 5.74) is -2.35. The summed E-state index contributed by atoms with van der Waals surface area (Å²) in [6.07, 6.45) is -1.80. The first-order valence-electron chi connectivity index (χ1n) is 7.35. The molecule has 6 nitrogen and oxygen atoms in total. The fourth-order valence-electron chi connectivity index (χ4n) is 3.78. The quantitative estimate of drug-likeness (QED) is 0.780. The topological polar surface area (TPSA) is 71.3 Å². The van der Waals surface area contributed by atoms with Crippen molar-refractivity contribution in [2.24, 2.45) is 22.1 Å². The molecule has 0 saturated carbocycles. The van der Waals surface area contributed by atoms with Gasteiger partial charge < -0.3 is 4.74 Å². The monoisotopic (exact) mass is 339 g/mol. The highest BCUT2D eigenvalue weighted by Crippen LogP contribution is 2.52. The summed E-state index contributed by atoms with van der Waals surface area (Å²) in [5, 5.41) is 6.27. The van der Waals surface area contributed by atoms with Gasteiger partial charge in [-0.2, -0.15) is 13.2 Å². The molecule has 0 aromatic rings. The van der Waals surface area contributed by atoms with Gasteiger partial charge in [-0.15, -0.1) is 10.2 Å². The zero-order valence-electron chi connectivity index (χ0n) is 11.7. The third kappa shape index (κ3) is 2.10. The number of halogens is 3. The molecule has 124 valence electrons. The van der Waals surface area contributed by atoms with E-state index in [1.807, 2.05) is 0 Å². The van der Waals surface area contributed by atoms with Crippen LogP contribution in [0.3, 0.4) is 0 Å². The van der Waals surface area contributed by atoms with E-state index in [-0.39, 0.29) is 37.0 Å². The van der Waals surface area contributed by atoms with Crippen molar-refractivity contribution in [3.63, 3.8) is 0 Å². The predicted molar refractivity (Wildman–Crippen MR) is 68.5 cm³/mol. The van der Waals surface area contributed by atoms with Crippen LogP contribution < -0.4 is 0 Å². The normalized spacial score (nSPS) is 37.5. The Morgan fingerprint density at radius 2 is 1.91 bits per heavy atom. The molecule has 3 fully saturated rings. The molecular weight excluding hydrogens is 323 g/mol. The van der Waals surface area contributed by atoms with E-state index in [9.17, 15) is 21.6 Å². The number of sulfonamides is 1. The molecule has 3 saturated heterocycles. The maximum absolute atomic E-state index is 12.8. The second-order valence-electron chi connectivity index (χ2n) is 6.59. The molecule has 2 bridgehead atoms. The summed E-state index contributed by atoms with van der Waals surface area (Å²) in [7, 11) is -3.54. The van der Waals surface area contributed by atoms with Crippen molar-refractivity contribution in [2.45, 2.75) is 43.3 Å².